The van der Waals surface area contributed by atoms with E-state index in [0.717, 1.165) is 19.3 Å². The standard InChI is InChI=1S/C10H14Cl3NO/c1-7-5-3-4-6-8(7)14(2)9(15)10(11,12)13/h5,8H,3-4,6H2,1-2H3/t8-/m1/s1. The first-order valence-electron chi connectivity index (χ1n) is 4.84. The van der Waals surface area contributed by atoms with E-state index in [1.54, 1.807) is 7.05 Å². The van der Waals surface area contributed by atoms with Gasteiger partial charge in [0.05, 0.1) is 6.04 Å². The lowest BCUT2D eigenvalue weighted by Crippen LogP contribution is -2.44. The summed E-state index contributed by atoms with van der Waals surface area (Å²) in [7, 11) is 1.68. The number of alkyl halides is 3. The fourth-order valence-corrected chi connectivity index (χ4v) is 2.25. The second-order valence-electron chi connectivity index (χ2n) is 3.81. The second kappa shape index (κ2) is 4.94. The van der Waals surface area contributed by atoms with Crippen LogP contribution in [0.25, 0.3) is 0 Å². The highest BCUT2D eigenvalue weighted by Gasteiger charge is 2.36. The van der Waals surface area contributed by atoms with Crippen molar-refractivity contribution >= 4 is 40.7 Å². The Hall–Kier alpha value is 0.0800. The highest BCUT2D eigenvalue weighted by molar-refractivity contribution is 6.76. The van der Waals surface area contributed by atoms with Gasteiger partial charge in [-0.25, -0.2) is 0 Å². The van der Waals surface area contributed by atoms with Crippen molar-refractivity contribution in [3.05, 3.63) is 11.6 Å². The molecule has 86 valence electrons. The number of nitrogens with zero attached hydrogens (tertiary/aromatic N) is 1. The van der Waals surface area contributed by atoms with Crippen LogP contribution in [0, 0.1) is 0 Å². The van der Waals surface area contributed by atoms with Gasteiger partial charge in [-0.1, -0.05) is 46.5 Å². The Labute approximate surface area is 105 Å². The molecule has 1 atom stereocenters. The summed E-state index contributed by atoms with van der Waals surface area (Å²) in [6.45, 7) is 2.01. The van der Waals surface area contributed by atoms with Gasteiger partial charge in [-0.3, -0.25) is 4.79 Å². The molecule has 0 aliphatic heterocycles. The summed E-state index contributed by atoms with van der Waals surface area (Å²) in [6.07, 6.45) is 5.21. The molecule has 1 aliphatic rings. The number of carbonyl (C=O) groups is 1. The Bertz CT molecular complexity index is 283. The zero-order chi connectivity index (χ0) is 11.6. The van der Waals surface area contributed by atoms with Gasteiger partial charge in [0.2, 0.25) is 0 Å². The van der Waals surface area contributed by atoms with Crippen LogP contribution < -0.4 is 0 Å². The third-order valence-corrected chi connectivity index (χ3v) is 3.19. The topological polar surface area (TPSA) is 20.3 Å². The van der Waals surface area contributed by atoms with Crippen LogP contribution >= 0.6 is 34.8 Å². The van der Waals surface area contributed by atoms with Crippen LogP contribution in [-0.4, -0.2) is 27.7 Å². The lowest BCUT2D eigenvalue weighted by Gasteiger charge is -2.33. The number of rotatable bonds is 1. The molecule has 0 fully saturated rings. The van der Waals surface area contributed by atoms with Crippen LogP contribution in [0.5, 0.6) is 0 Å². The molecule has 0 aromatic rings. The van der Waals surface area contributed by atoms with E-state index in [2.05, 4.69) is 6.08 Å². The Morgan fingerprint density at radius 2 is 2.13 bits per heavy atom. The highest BCUT2D eigenvalue weighted by Crippen LogP contribution is 2.31. The van der Waals surface area contributed by atoms with Gasteiger partial charge >= 0.3 is 0 Å². The van der Waals surface area contributed by atoms with Gasteiger partial charge in [-0.2, -0.15) is 0 Å². The maximum atomic E-state index is 11.7. The predicted molar refractivity (Wildman–Crippen MR) is 64.5 cm³/mol. The minimum atomic E-state index is -1.85. The summed E-state index contributed by atoms with van der Waals surface area (Å²) < 4.78 is -1.85. The van der Waals surface area contributed by atoms with Gasteiger partial charge in [0.1, 0.15) is 0 Å². The molecular formula is C10H14Cl3NO. The van der Waals surface area contributed by atoms with Crippen molar-refractivity contribution < 1.29 is 4.79 Å². The number of hydrogen-bond acceptors (Lipinski definition) is 1. The fourth-order valence-electron chi connectivity index (χ4n) is 1.85. The van der Waals surface area contributed by atoms with Crippen molar-refractivity contribution in [1.82, 2.24) is 4.90 Å². The van der Waals surface area contributed by atoms with Gasteiger partial charge in [-0.15, -0.1) is 0 Å². The van der Waals surface area contributed by atoms with Crippen molar-refractivity contribution in [2.45, 2.75) is 36.0 Å². The van der Waals surface area contributed by atoms with Crippen molar-refractivity contribution in [3.63, 3.8) is 0 Å². The molecule has 0 aromatic heterocycles. The zero-order valence-electron chi connectivity index (χ0n) is 8.77. The molecule has 0 spiro atoms. The molecule has 5 heteroatoms. The molecule has 0 radical (unpaired) electrons. The maximum Gasteiger partial charge on any atom is 0.274 e. The first kappa shape index (κ1) is 13.1. The normalized spacial score (nSPS) is 22.2. The Kier molecular flexibility index (Phi) is 4.33. The summed E-state index contributed by atoms with van der Waals surface area (Å²) in [4.78, 5) is 13.2. The molecule has 2 nitrogen and oxygen atoms in total. The smallest absolute Gasteiger partial charge is 0.274 e. The lowest BCUT2D eigenvalue weighted by molar-refractivity contribution is -0.130. The molecule has 0 saturated carbocycles. The molecular weight excluding hydrogens is 256 g/mol. The summed E-state index contributed by atoms with van der Waals surface area (Å²) in [5.41, 5.74) is 1.17. The minimum absolute atomic E-state index is 0.0712. The first-order valence-corrected chi connectivity index (χ1v) is 5.98. The average Bonchev–Trinajstić information content (AvgIpc) is 2.15. The minimum Gasteiger partial charge on any atom is -0.335 e. The molecule has 0 aromatic carbocycles. The number of allylic oxidation sites excluding steroid dienone is 1. The Morgan fingerprint density at radius 3 is 2.60 bits per heavy atom. The highest BCUT2D eigenvalue weighted by atomic mass is 35.6. The number of hydrogen-bond donors (Lipinski definition) is 0. The lowest BCUT2D eigenvalue weighted by atomic mass is 9.94. The summed E-state index contributed by atoms with van der Waals surface area (Å²) in [5.74, 6) is -0.466. The van der Waals surface area contributed by atoms with Gasteiger partial charge < -0.3 is 4.90 Å². The number of amides is 1. The largest absolute Gasteiger partial charge is 0.335 e. The average molecular weight is 271 g/mol. The summed E-state index contributed by atoms with van der Waals surface area (Å²) in [6, 6.07) is 0.0712. The van der Waals surface area contributed by atoms with Gasteiger partial charge in [0.25, 0.3) is 9.70 Å². The summed E-state index contributed by atoms with van der Waals surface area (Å²) in [5, 5.41) is 0. The van der Waals surface area contributed by atoms with Gasteiger partial charge in [0.15, 0.2) is 0 Å². The van der Waals surface area contributed by atoms with Crippen molar-refractivity contribution in [2.75, 3.05) is 7.05 Å². The molecule has 0 N–H and O–H groups in total. The molecule has 1 rings (SSSR count). The van der Waals surface area contributed by atoms with Gasteiger partial charge in [-0.05, 0) is 26.2 Å². The number of carbonyl (C=O) groups excluding carboxylic acids is 1. The predicted octanol–water partition coefficient (Wildman–Crippen LogP) is 3.31. The SMILES string of the molecule is CC1=CCCC[C@H]1N(C)C(=O)C(Cl)(Cl)Cl. The van der Waals surface area contributed by atoms with Crippen molar-refractivity contribution in [1.29, 1.82) is 0 Å². The van der Waals surface area contributed by atoms with Crippen LogP contribution in [0.3, 0.4) is 0 Å². The Morgan fingerprint density at radius 1 is 1.53 bits per heavy atom. The summed E-state index contributed by atoms with van der Waals surface area (Å²) >= 11 is 16.7. The van der Waals surface area contributed by atoms with Crippen LogP contribution in [0.15, 0.2) is 11.6 Å². The molecule has 1 aliphatic carbocycles. The van der Waals surface area contributed by atoms with Crippen LogP contribution in [-0.2, 0) is 4.79 Å². The molecule has 15 heavy (non-hydrogen) atoms. The van der Waals surface area contributed by atoms with E-state index in [4.69, 9.17) is 34.8 Å². The zero-order valence-corrected chi connectivity index (χ0v) is 11.0. The van der Waals surface area contributed by atoms with Crippen LogP contribution in [0.2, 0.25) is 0 Å². The van der Waals surface area contributed by atoms with Gasteiger partial charge in [0, 0.05) is 7.05 Å². The fraction of sp³-hybridized carbons (Fsp3) is 0.700. The van der Waals surface area contributed by atoms with Crippen LogP contribution in [0.4, 0.5) is 0 Å². The van der Waals surface area contributed by atoms with Crippen LogP contribution in [0.1, 0.15) is 26.2 Å². The monoisotopic (exact) mass is 269 g/mol. The van der Waals surface area contributed by atoms with E-state index in [1.165, 1.54) is 10.5 Å². The van der Waals surface area contributed by atoms with E-state index in [1.807, 2.05) is 6.92 Å². The first-order chi connectivity index (χ1) is 6.84. The maximum absolute atomic E-state index is 11.7. The van der Waals surface area contributed by atoms with E-state index < -0.39 is 9.70 Å². The third-order valence-electron chi connectivity index (χ3n) is 2.70. The molecule has 0 bridgehead atoms. The van der Waals surface area contributed by atoms with E-state index in [0.29, 0.717) is 0 Å². The van der Waals surface area contributed by atoms with Crippen molar-refractivity contribution in [3.8, 4) is 0 Å². The quantitative estimate of drug-likeness (QED) is 0.529. The van der Waals surface area contributed by atoms with E-state index >= 15 is 0 Å². The molecule has 0 heterocycles. The molecule has 1 amide bonds. The Balaban J connectivity index is 2.76. The molecule has 0 saturated heterocycles. The van der Waals surface area contributed by atoms with E-state index in [-0.39, 0.29) is 6.04 Å². The molecule has 0 unspecified atom stereocenters. The third kappa shape index (κ3) is 3.27. The number of likely N-dealkylation sites (N-methyl/N-ethyl adjacent to an activating group) is 1. The second-order valence-corrected chi connectivity index (χ2v) is 6.09. The van der Waals surface area contributed by atoms with E-state index in [9.17, 15) is 4.79 Å². The van der Waals surface area contributed by atoms with Crippen molar-refractivity contribution in [2.24, 2.45) is 0 Å². The number of halogens is 3.